The summed E-state index contributed by atoms with van der Waals surface area (Å²) in [5.41, 5.74) is 3.49. The van der Waals surface area contributed by atoms with Crippen LogP contribution in [-0.2, 0) is 15.1 Å². The van der Waals surface area contributed by atoms with Crippen LogP contribution in [0.5, 0.6) is 0 Å². The van der Waals surface area contributed by atoms with Crippen molar-refractivity contribution >= 4 is 16.7 Å². The van der Waals surface area contributed by atoms with E-state index in [0.717, 1.165) is 18.4 Å². The summed E-state index contributed by atoms with van der Waals surface area (Å²) < 4.78 is 6.72. The number of carbonyl (C=O) groups excluding carboxylic acids is 1. The average Bonchev–Trinajstić information content (AvgIpc) is 2.76. The second-order valence-corrected chi connectivity index (χ2v) is 9.96. The lowest BCUT2D eigenvalue weighted by Gasteiger charge is -2.47. The fraction of sp³-hybridized carbons (Fsp3) is 0.393. The molecule has 0 aromatic heterocycles. The third-order valence-electron chi connectivity index (χ3n) is 6.97. The zero-order valence-corrected chi connectivity index (χ0v) is 18.2. The molecule has 2 heteroatoms. The van der Waals surface area contributed by atoms with E-state index in [1.807, 2.05) is 20.8 Å². The lowest BCUT2D eigenvalue weighted by molar-refractivity contribution is -0.173. The summed E-state index contributed by atoms with van der Waals surface area (Å²) in [7, 11) is 0. The number of benzene rings is 3. The van der Waals surface area contributed by atoms with E-state index in [-0.39, 0.29) is 11.9 Å². The molecule has 0 amide bonds. The van der Waals surface area contributed by atoms with Gasteiger partial charge in [0.15, 0.2) is 5.60 Å². The molecule has 0 aliphatic heterocycles. The Bertz CT molecular complexity index is 1110. The maximum Gasteiger partial charge on any atom is 0.312 e. The lowest BCUT2D eigenvalue weighted by atomic mass is 9.64. The van der Waals surface area contributed by atoms with Gasteiger partial charge in [-0.3, -0.25) is 4.79 Å². The molecule has 3 aromatic carbocycles. The maximum atomic E-state index is 13.4. The second-order valence-electron chi connectivity index (χ2n) is 9.96. The Kier molecular flexibility index (Phi) is 4.50. The summed E-state index contributed by atoms with van der Waals surface area (Å²) >= 11 is 0. The van der Waals surface area contributed by atoms with Crippen LogP contribution < -0.4 is 0 Å². The Labute approximate surface area is 179 Å². The minimum atomic E-state index is -0.727. The van der Waals surface area contributed by atoms with Gasteiger partial charge >= 0.3 is 5.97 Å². The van der Waals surface area contributed by atoms with Crippen LogP contribution in [0.25, 0.3) is 21.9 Å². The van der Waals surface area contributed by atoms with Gasteiger partial charge in [0.25, 0.3) is 0 Å². The van der Waals surface area contributed by atoms with Crippen LogP contribution >= 0.6 is 0 Å². The van der Waals surface area contributed by atoms with Crippen LogP contribution in [0.3, 0.4) is 0 Å². The molecule has 0 spiro atoms. The smallest absolute Gasteiger partial charge is 0.312 e. The second kappa shape index (κ2) is 6.97. The van der Waals surface area contributed by atoms with Crippen molar-refractivity contribution < 1.29 is 9.53 Å². The highest BCUT2D eigenvalue weighted by Gasteiger charge is 2.51. The van der Waals surface area contributed by atoms with Crippen molar-refractivity contribution in [3.8, 4) is 11.1 Å². The molecule has 5 rings (SSSR count). The molecule has 0 heterocycles. The van der Waals surface area contributed by atoms with E-state index in [4.69, 9.17) is 4.74 Å². The quantitative estimate of drug-likeness (QED) is 0.426. The molecular weight excluding hydrogens is 368 g/mol. The molecule has 2 aliphatic rings. The van der Waals surface area contributed by atoms with Crippen LogP contribution in [0.15, 0.2) is 60.7 Å². The van der Waals surface area contributed by atoms with E-state index in [0.29, 0.717) is 0 Å². The van der Waals surface area contributed by atoms with Crippen molar-refractivity contribution in [2.75, 3.05) is 0 Å². The molecule has 30 heavy (non-hydrogen) atoms. The van der Waals surface area contributed by atoms with Crippen molar-refractivity contribution in [1.29, 1.82) is 0 Å². The highest BCUT2D eigenvalue weighted by molar-refractivity contribution is 6.03. The number of carbonyl (C=O) groups is 1. The van der Waals surface area contributed by atoms with Gasteiger partial charge in [-0.2, -0.15) is 0 Å². The van der Waals surface area contributed by atoms with Gasteiger partial charge in [-0.1, -0.05) is 79.9 Å². The molecule has 1 saturated carbocycles. The van der Waals surface area contributed by atoms with Gasteiger partial charge in [0.05, 0.1) is 5.41 Å². The van der Waals surface area contributed by atoms with Gasteiger partial charge in [-0.05, 0) is 55.5 Å². The maximum absolute atomic E-state index is 13.4. The SMILES string of the molecule is CC(C)(C)C(=O)OC1(C2CCCCC2)c2ccccc2-c2cccc3cccc1c23. The van der Waals surface area contributed by atoms with Crippen LogP contribution in [0.4, 0.5) is 0 Å². The predicted molar refractivity (Wildman–Crippen MR) is 122 cm³/mol. The number of fused-ring (bicyclic) bond motifs is 2. The van der Waals surface area contributed by atoms with Crippen LogP contribution in [-0.4, -0.2) is 5.97 Å². The number of ether oxygens (including phenoxy) is 1. The lowest BCUT2D eigenvalue weighted by Crippen LogP contribution is -2.46. The van der Waals surface area contributed by atoms with Gasteiger partial charge in [0, 0.05) is 17.0 Å². The van der Waals surface area contributed by atoms with E-state index in [9.17, 15) is 4.79 Å². The molecular formula is C28H30O2. The fourth-order valence-electron chi connectivity index (χ4n) is 5.50. The largest absolute Gasteiger partial charge is 0.448 e. The number of hydrogen-bond acceptors (Lipinski definition) is 2. The molecule has 154 valence electrons. The van der Waals surface area contributed by atoms with Gasteiger partial charge in [0.2, 0.25) is 0 Å². The highest BCUT2D eigenvalue weighted by atomic mass is 16.6. The normalized spacial score (nSPS) is 21.3. The third-order valence-corrected chi connectivity index (χ3v) is 6.97. The molecule has 3 aromatic rings. The number of rotatable bonds is 2. The summed E-state index contributed by atoms with van der Waals surface area (Å²) in [5.74, 6) is 0.164. The Morgan fingerprint density at radius 3 is 2.20 bits per heavy atom. The highest BCUT2D eigenvalue weighted by Crippen LogP contribution is 2.56. The van der Waals surface area contributed by atoms with Crippen LogP contribution in [0, 0.1) is 11.3 Å². The van der Waals surface area contributed by atoms with Crippen molar-refractivity contribution in [3.63, 3.8) is 0 Å². The topological polar surface area (TPSA) is 26.3 Å². The summed E-state index contributed by atoms with van der Waals surface area (Å²) in [5, 5.41) is 2.46. The van der Waals surface area contributed by atoms with Crippen molar-refractivity contribution in [2.24, 2.45) is 11.3 Å². The summed E-state index contributed by atoms with van der Waals surface area (Å²) in [6, 6.07) is 21.6. The minimum Gasteiger partial charge on any atom is -0.448 e. The molecule has 0 saturated heterocycles. The Morgan fingerprint density at radius 1 is 0.833 bits per heavy atom. The standard InChI is InChI=1S/C28H30O2/c1-27(2,3)26(29)30-28(20-13-5-4-6-14-20)23-17-8-7-15-21(23)22-16-9-11-19-12-10-18-24(28)25(19)22/h7-12,15-18,20H,4-6,13-14H2,1-3H3. The molecule has 0 bridgehead atoms. The van der Waals surface area contributed by atoms with E-state index in [1.165, 1.54) is 46.7 Å². The van der Waals surface area contributed by atoms with Crippen LogP contribution in [0.2, 0.25) is 0 Å². The molecule has 2 nitrogen and oxygen atoms in total. The molecule has 0 N–H and O–H groups in total. The molecule has 1 fully saturated rings. The van der Waals surface area contributed by atoms with Gasteiger partial charge in [-0.25, -0.2) is 0 Å². The zero-order chi connectivity index (χ0) is 20.9. The zero-order valence-electron chi connectivity index (χ0n) is 18.2. The summed E-state index contributed by atoms with van der Waals surface area (Å²) in [6.45, 7) is 5.85. The molecule has 0 radical (unpaired) electrons. The van der Waals surface area contributed by atoms with Gasteiger partial charge in [0.1, 0.15) is 0 Å². The van der Waals surface area contributed by atoms with Crippen LogP contribution in [0.1, 0.15) is 64.0 Å². The molecule has 1 unspecified atom stereocenters. The van der Waals surface area contributed by atoms with Gasteiger partial charge < -0.3 is 4.74 Å². The molecule has 1 atom stereocenters. The summed E-state index contributed by atoms with van der Waals surface area (Å²) in [4.78, 5) is 13.4. The number of hydrogen-bond donors (Lipinski definition) is 0. The fourth-order valence-corrected chi connectivity index (χ4v) is 5.50. The van der Waals surface area contributed by atoms with Crippen molar-refractivity contribution in [1.82, 2.24) is 0 Å². The van der Waals surface area contributed by atoms with Gasteiger partial charge in [-0.15, -0.1) is 0 Å². The average molecular weight is 399 g/mol. The predicted octanol–water partition coefficient (Wildman–Crippen LogP) is 7.23. The Balaban J connectivity index is 1.87. The van der Waals surface area contributed by atoms with E-state index < -0.39 is 11.0 Å². The first-order valence-electron chi connectivity index (χ1n) is 11.3. The van der Waals surface area contributed by atoms with E-state index >= 15 is 0 Å². The first-order valence-corrected chi connectivity index (χ1v) is 11.3. The van der Waals surface area contributed by atoms with Crippen molar-refractivity contribution in [3.05, 3.63) is 71.8 Å². The third kappa shape index (κ3) is 2.80. The number of esters is 1. The summed E-state index contributed by atoms with van der Waals surface area (Å²) in [6.07, 6.45) is 5.83. The Hall–Kier alpha value is -2.61. The molecule has 2 aliphatic carbocycles. The monoisotopic (exact) mass is 398 g/mol. The first-order chi connectivity index (χ1) is 14.4. The van der Waals surface area contributed by atoms with E-state index in [1.54, 1.807) is 0 Å². The minimum absolute atomic E-state index is 0.126. The first kappa shape index (κ1) is 19.4. The van der Waals surface area contributed by atoms with E-state index in [2.05, 4.69) is 60.7 Å². The van der Waals surface area contributed by atoms with Crippen molar-refractivity contribution in [2.45, 2.75) is 58.5 Å². The Morgan fingerprint density at radius 2 is 1.47 bits per heavy atom.